The van der Waals surface area contributed by atoms with Gasteiger partial charge in [0.25, 0.3) is 5.91 Å². The highest BCUT2D eigenvalue weighted by Crippen LogP contribution is 2.20. The predicted octanol–water partition coefficient (Wildman–Crippen LogP) is 2.23. The van der Waals surface area contributed by atoms with Crippen LogP contribution in [0.4, 0.5) is 5.69 Å². The van der Waals surface area contributed by atoms with E-state index in [1.54, 1.807) is 30.5 Å². The van der Waals surface area contributed by atoms with Crippen molar-refractivity contribution in [3.8, 4) is 0 Å². The van der Waals surface area contributed by atoms with Crippen LogP contribution in [0.2, 0.25) is 0 Å². The molecular weight excluding hydrogens is 256 g/mol. The molecular formula is C14H14N4O2. The molecule has 1 unspecified atom stereocenters. The summed E-state index contributed by atoms with van der Waals surface area (Å²) in [5.74, 6) is 0.420. The summed E-state index contributed by atoms with van der Waals surface area (Å²) in [4.78, 5) is 12.3. The van der Waals surface area contributed by atoms with Crippen molar-refractivity contribution in [2.45, 2.75) is 13.0 Å². The van der Waals surface area contributed by atoms with Crippen LogP contribution >= 0.6 is 0 Å². The third kappa shape index (κ3) is 2.11. The van der Waals surface area contributed by atoms with Crippen LogP contribution in [0.1, 0.15) is 29.2 Å². The van der Waals surface area contributed by atoms with E-state index in [2.05, 4.69) is 15.5 Å². The highest BCUT2D eigenvalue weighted by atomic mass is 16.3. The van der Waals surface area contributed by atoms with Crippen molar-refractivity contribution >= 4 is 22.5 Å². The number of fused-ring (bicyclic) bond motifs is 1. The molecule has 0 saturated heterocycles. The second-order valence-electron chi connectivity index (χ2n) is 4.59. The number of nitrogens with one attached hydrogen (secondary N) is 2. The summed E-state index contributed by atoms with van der Waals surface area (Å²) in [6.45, 7) is 1.85. The number of nitrogen functional groups attached to an aromatic ring is 1. The number of carbonyl (C=O) groups is 1. The molecule has 102 valence electrons. The van der Waals surface area contributed by atoms with E-state index < -0.39 is 0 Å². The third-order valence-corrected chi connectivity index (χ3v) is 3.12. The van der Waals surface area contributed by atoms with Crippen molar-refractivity contribution in [3.63, 3.8) is 0 Å². The molecule has 1 atom stereocenters. The van der Waals surface area contributed by atoms with Gasteiger partial charge in [0.15, 0.2) is 5.69 Å². The Hall–Kier alpha value is -2.76. The molecule has 4 N–H and O–H groups in total. The number of hydrogen-bond acceptors (Lipinski definition) is 4. The van der Waals surface area contributed by atoms with Crippen molar-refractivity contribution in [2.24, 2.45) is 0 Å². The van der Waals surface area contributed by atoms with Crippen molar-refractivity contribution in [3.05, 3.63) is 48.0 Å². The zero-order chi connectivity index (χ0) is 14.1. The van der Waals surface area contributed by atoms with Crippen molar-refractivity contribution < 1.29 is 9.21 Å². The van der Waals surface area contributed by atoms with Gasteiger partial charge >= 0.3 is 0 Å². The van der Waals surface area contributed by atoms with E-state index in [4.69, 9.17) is 10.2 Å². The summed E-state index contributed by atoms with van der Waals surface area (Å²) in [7, 11) is 0. The van der Waals surface area contributed by atoms with Crippen LogP contribution in [0.25, 0.3) is 10.9 Å². The zero-order valence-electron chi connectivity index (χ0n) is 10.9. The van der Waals surface area contributed by atoms with Crippen LogP contribution in [0.5, 0.6) is 0 Å². The Bertz CT molecular complexity index is 746. The zero-order valence-corrected chi connectivity index (χ0v) is 10.9. The van der Waals surface area contributed by atoms with Gasteiger partial charge in [-0.15, -0.1) is 0 Å². The number of furan rings is 1. The number of benzene rings is 1. The highest BCUT2D eigenvalue weighted by Gasteiger charge is 2.18. The summed E-state index contributed by atoms with van der Waals surface area (Å²) < 4.78 is 5.26. The van der Waals surface area contributed by atoms with Crippen molar-refractivity contribution in [2.75, 3.05) is 5.73 Å². The quantitative estimate of drug-likeness (QED) is 0.636. The molecule has 2 aromatic heterocycles. The Morgan fingerprint density at radius 2 is 2.30 bits per heavy atom. The lowest BCUT2D eigenvalue weighted by Gasteiger charge is -2.10. The first-order valence-electron chi connectivity index (χ1n) is 6.23. The van der Waals surface area contributed by atoms with Crippen LogP contribution < -0.4 is 11.1 Å². The lowest BCUT2D eigenvalue weighted by atomic mass is 10.1. The van der Waals surface area contributed by atoms with Gasteiger partial charge in [0.1, 0.15) is 5.76 Å². The molecule has 20 heavy (non-hydrogen) atoms. The molecule has 0 bridgehead atoms. The maximum absolute atomic E-state index is 12.3. The first-order chi connectivity index (χ1) is 9.65. The molecule has 0 fully saturated rings. The van der Waals surface area contributed by atoms with Gasteiger partial charge < -0.3 is 15.5 Å². The fourth-order valence-corrected chi connectivity index (χ4v) is 2.08. The molecule has 0 aliphatic carbocycles. The average Bonchev–Trinajstić information content (AvgIpc) is 3.07. The monoisotopic (exact) mass is 270 g/mol. The van der Waals surface area contributed by atoms with E-state index in [-0.39, 0.29) is 11.9 Å². The van der Waals surface area contributed by atoms with Crippen LogP contribution in [-0.4, -0.2) is 16.1 Å². The lowest BCUT2D eigenvalue weighted by molar-refractivity contribution is 0.0932. The van der Waals surface area contributed by atoms with Crippen molar-refractivity contribution in [1.29, 1.82) is 0 Å². The molecule has 6 heteroatoms. The number of aromatic nitrogens is 2. The van der Waals surface area contributed by atoms with Gasteiger partial charge in [-0.3, -0.25) is 9.89 Å². The SMILES string of the molecule is CC(NC(=O)c1n[nH]c2ccc(N)cc12)c1ccco1. The summed E-state index contributed by atoms with van der Waals surface area (Å²) in [6, 6.07) is 8.64. The van der Waals surface area contributed by atoms with E-state index in [1.807, 2.05) is 13.0 Å². The van der Waals surface area contributed by atoms with Crippen LogP contribution in [0.15, 0.2) is 41.0 Å². The number of nitrogens with two attached hydrogens (primary N) is 1. The fourth-order valence-electron chi connectivity index (χ4n) is 2.08. The maximum Gasteiger partial charge on any atom is 0.273 e. The standard InChI is InChI=1S/C14H14N4O2/c1-8(12-3-2-6-20-12)16-14(19)13-10-7-9(15)4-5-11(10)17-18-13/h2-8H,15H2,1H3,(H,16,19)(H,17,18). The van der Waals surface area contributed by atoms with Gasteiger partial charge in [0.2, 0.25) is 0 Å². The van der Waals surface area contributed by atoms with E-state index in [0.717, 1.165) is 5.52 Å². The van der Waals surface area contributed by atoms with Gasteiger partial charge in [0.05, 0.1) is 17.8 Å². The van der Waals surface area contributed by atoms with Crippen LogP contribution in [0, 0.1) is 0 Å². The summed E-state index contributed by atoms with van der Waals surface area (Å²) in [5.41, 5.74) is 7.43. The molecule has 0 aliphatic heterocycles. The van der Waals surface area contributed by atoms with Gasteiger partial charge in [-0.25, -0.2) is 0 Å². The molecule has 3 aromatic rings. The average molecular weight is 270 g/mol. The minimum absolute atomic E-state index is 0.231. The van der Waals surface area contributed by atoms with Gasteiger partial charge in [-0.2, -0.15) is 5.10 Å². The predicted molar refractivity (Wildman–Crippen MR) is 75.1 cm³/mol. The van der Waals surface area contributed by atoms with Crippen LogP contribution in [0.3, 0.4) is 0 Å². The summed E-state index contributed by atoms with van der Waals surface area (Å²) >= 11 is 0. The summed E-state index contributed by atoms with van der Waals surface area (Å²) in [5, 5.41) is 10.4. The minimum Gasteiger partial charge on any atom is -0.467 e. The number of amides is 1. The number of hydrogen-bond donors (Lipinski definition) is 3. The third-order valence-electron chi connectivity index (χ3n) is 3.12. The topological polar surface area (TPSA) is 96.9 Å². The second kappa shape index (κ2) is 4.73. The van der Waals surface area contributed by atoms with Crippen molar-refractivity contribution in [1.82, 2.24) is 15.5 Å². The lowest BCUT2D eigenvalue weighted by Crippen LogP contribution is -2.26. The smallest absolute Gasteiger partial charge is 0.273 e. The number of rotatable bonds is 3. The Kier molecular flexibility index (Phi) is 2.90. The maximum atomic E-state index is 12.3. The molecule has 6 nitrogen and oxygen atoms in total. The Labute approximate surface area is 115 Å². The number of anilines is 1. The Morgan fingerprint density at radius 1 is 1.45 bits per heavy atom. The Balaban J connectivity index is 1.87. The van der Waals surface area contributed by atoms with E-state index in [9.17, 15) is 4.79 Å². The van der Waals surface area contributed by atoms with Gasteiger partial charge in [-0.05, 0) is 37.3 Å². The second-order valence-corrected chi connectivity index (χ2v) is 4.59. The molecule has 1 aromatic carbocycles. The molecule has 3 rings (SSSR count). The molecule has 0 spiro atoms. The summed E-state index contributed by atoms with van der Waals surface area (Å²) in [6.07, 6.45) is 1.57. The van der Waals surface area contributed by atoms with E-state index >= 15 is 0 Å². The molecule has 2 heterocycles. The fraction of sp³-hybridized carbons (Fsp3) is 0.143. The largest absolute Gasteiger partial charge is 0.467 e. The minimum atomic E-state index is -0.272. The number of carbonyl (C=O) groups excluding carboxylic acids is 1. The normalized spacial score (nSPS) is 12.4. The van der Waals surface area contributed by atoms with E-state index in [0.29, 0.717) is 22.5 Å². The number of aromatic amines is 1. The number of H-pyrrole nitrogens is 1. The molecule has 0 aliphatic rings. The van der Waals surface area contributed by atoms with E-state index in [1.165, 1.54) is 0 Å². The molecule has 0 saturated carbocycles. The highest BCUT2D eigenvalue weighted by molar-refractivity contribution is 6.05. The number of nitrogens with zero attached hydrogens (tertiary/aromatic N) is 1. The first kappa shape index (κ1) is 12.3. The Morgan fingerprint density at radius 3 is 3.05 bits per heavy atom. The molecule has 1 amide bonds. The molecule has 0 radical (unpaired) electrons. The van der Waals surface area contributed by atoms with Gasteiger partial charge in [0, 0.05) is 11.1 Å². The first-order valence-corrected chi connectivity index (χ1v) is 6.23. The van der Waals surface area contributed by atoms with Gasteiger partial charge in [-0.1, -0.05) is 0 Å². The van der Waals surface area contributed by atoms with Crippen LogP contribution in [-0.2, 0) is 0 Å².